The molecule has 152 valence electrons. The van der Waals surface area contributed by atoms with Crippen molar-refractivity contribution >= 4 is 40.4 Å². The van der Waals surface area contributed by atoms with E-state index in [2.05, 4.69) is 20.5 Å². The lowest BCUT2D eigenvalue weighted by molar-refractivity contribution is -0.123. The summed E-state index contributed by atoms with van der Waals surface area (Å²) >= 11 is 13.8. The number of aromatic nitrogens is 3. The number of hydrogen-bond donors (Lipinski definition) is 1. The monoisotopic (exact) mass is 451 g/mol. The fourth-order valence-corrected chi connectivity index (χ4v) is 4.10. The number of nitrogens with zero attached hydrogens (tertiary/aromatic N) is 4. The molecule has 0 radical (unpaired) electrons. The molecule has 1 amide bonds. The maximum Gasteiger partial charge on any atom is 0.278 e. The highest BCUT2D eigenvalue weighted by molar-refractivity contribution is 7.07. The molecule has 1 N–H and O–H groups in total. The zero-order valence-corrected chi connectivity index (χ0v) is 18.3. The highest BCUT2D eigenvalue weighted by atomic mass is 35.5. The first kappa shape index (κ1) is 21.3. The largest absolute Gasteiger partial charge is 0.466 e. The van der Waals surface area contributed by atoms with Crippen molar-refractivity contribution in [1.29, 1.82) is 0 Å². The number of rotatable bonds is 5. The Morgan fingerprint density at radius 3 is 2.76 bits per heavy atom. The number of nitrogens with one attached hydrogen (secondary N) is 1. The number of hydrogen-bond acceptors (Lipinski definition) is 6. The standard InChI is InChI=1S/C19H19Cl2N5O2S/c1-19(2,3)26-15(13-5-4-12(20)8-14(13)21)11-29-18(26)25-24-16(27)10-28-17-9-22-6-7-23-17/h4-9,11H,10H2,1-3H3,(H,24,27)/b25-18-. The first-order valence-electron chi connectivity index (χ1n) is 8.63. The Hall–Kier alpha value is -2.42. The topological polar surface area (TPSA) is 81.4 Å². The highest BCUT2D eigenvalue weighted by Crippen LogP contribution is 2.33. The van der Waals surface area contributed by atoms with Gasteiger partial charge in [-0.05, 0) is 39.0 Å². The van der Waals surface area contributed by atoms with Crippen molar-refractivity contribution in [3.63, 3.8) is 0 Å². The second-order valence-corrected chi connectivity index (χ2v) is 8.69. The van der Waals surface area contributed by atoms with Crippen molar-refractivity contribution in [3.8, 4) is 17.1 Å². The average molecular weight is 452 g/mol. The van der Waals surface area contributed by atoms with Crippen molar-refractivity contribution in [3.05, 3.63) is 57.0 Å². The van der Waals surface area contributed by atoms with Crippen LogP contribution in [0.3, 0.4) is 0 Å². The Morgan fingerprint density at radius 1 is 1.31 bits per heavy atom. The number of amides is 1. The van der Waals surface area contributed by atoms with Crippen LogP contribution in [0.25, 0.3) is 11.3 Å². The molecule has 0 aliphatic carbocycles. The molecule has 2 heterocycles. The molecule has 7 nitrogen and oxygen atoms in total. The minimum absolute atomic E-state index is 0.223. The van der Waals surface area contributed by atoms with Crippen molar-refractivity contribution in [2.24, 2.45) is 5.10 Å². The van der Waals surface area contributed by atoms with E-state index in [1.165, 1.54) is 29.9 Å². The molecule has 0 saturated heterocycles. The van der Waals surface area contributed by atoms with E-state index < -0.39 is 5.91 Å². The van der Waals surface area contributed by atoms with Gasteiger partial charge in [-0.25, -0.2) is 10.4 Å². The van der Waals surface area contributed by atoms with E-state index >= 15 is 0 Å². The number of thiazole rings is 1. The Balaban J connectivity index is 1.85. The maximum atomic E-state index is 12.1. The Bertz CT molecular complexity index is 1070. The Morgan fingerprint density at radius 2 is 2.10 bits per heavy atom. The molecule has 1 aromatic carbocycles. The molecule has 3 rings (SSSR count). The summed E-state index contributed by atoms with van der Waals surface area (Å²) < 4.78 is 7.29. The van der Waals surface area contributed by atoms with Crippen LogP contribution in [-0.4, -0.2) is 27.0 Å². The average Bonchev–Trinajstić information content (AvgIpc) is 3.10. The number of halogens is 2. The number of benzene rings is 1. The molecule has 0 unspecified atom stereocenters. The van der Waals surface area contributed by atoms with Gasteiger partial charge in [-0.1, -0.05) is 23.2 Å². The van der Waals surface area contributed by atoms with Gasteiger partial charge in [0, 0.05) is 33.9 Å². The molecular formula is C19H19Cl2N5O2S. The number of ether oxygens (including phenoxy) is 1. The van der Waals surface area contributed by atoms with Gasteiger partial charge in [-0.2, -0.15) is 0 Å². The van der Waals surface area contributed by atoms with E-state index in [1.807, 2.05) is 36.8 Å². The molecule has 0 bridgehead atoms. The van der Waals surface area contributed by atoms with E-state index in [1.54, 1.807) is 12.1 Å². The lowest BCUT2D eigenvalue weighted by Gasteiger charge is -2.24. The normalized spacial score (nSPS) is 12.1. The SMILES string of the molecule is CC(C)(C)n1c(-c2ccc(Cl)cc2Cl)cs/c1=N\NC(=O)COc1cnccn1. The maximum absolute atomic E-state index is 12.1. The molecule has 29 heavy (non-hydrogen) atoms. The van der Waals surface area contributed by atoms with Crippen LogP contribution in [0.4, 0.5) is 0 Å². The Kier molecular flexibility index (Phi) is 6.56. The van der Waals surface area contributed by atoms with Crippen molar-refractivity contribution < 1.29 is 9.53 Å². The van der Waals surface area contributed by atoms with E-state index in [0.717, 1.165) is 11.3 Å². The van der Waals surface area contributed by atoms with Crippen LogP contribution in [-0.2, 0) is 10.3 Å². The molecule has 0 atom stereocenters. The zero-order chi connectivity index (χ0) is 21.0. The molecule has 0 spiro atoms. The predicted molar refractivity (Wildman–Crippen MR) is 114 cm³/mol. The predicted octanol–water partition coefficient (Wildman–Crippen LogP) is 4.08. The molecular weight excluding hydrogens is 433 g/mol. The van der Waals surface area contributed by atoms with Crippen LogP contribution in [0.15, 0.2) is 47.3 Å². The molecule has 10 heteroatoms. The lowest BCUT2D eigenvalue weighted by Crippen LogP contribution is -2.35. The summed E-state index contributed by atoms with van der Waals surface area (Å²) in [7, 11) is 0. The molecule has 0 saturated carbocycles. The third-order valence-corrected chi connectivity index (χ3v) is 5.13. The van der Waals surface area contributed by atoms with E-state index in [4.69, 9.17) is 27.9 Å². The lowest BCUT2D eigenvalue weighted by atomic mass is 10.1. The zero-order valence-electron chi connectivity index (χ0n) is 16.0. The van der Waals surface area contributed by atoms with Crippen LogP contribution in [0.2, 0.25) is 10.0 Å². The second-order valence-electron chi connectivity index (χ2n) is 7.01. The molecule has 2 aromatic heterocycles. The molecule has 3 aromatic rings. The molecule has 0 fully saturated rings. The summed E-state index contributed by atoms with van der Waals surface area (Å²) in [5.74, 6) is -0.140. The van der Waals surface area contributed by atoms with Gasteiger partial charge in [0.25, 0.3) is 5.91 Å². The van der Waals surface area contributed by atoms with Crippen LogP contribution in [0.1, 0.15) is 20.8 Å². The highest BCUT2D eigenvalue weighted by Gasteiger charge is 2.21. The van der Waals surface area contributed by atoms with Gasteiger partial charge in [-0.15, -0.1) is 16.4 Å². The van der Waals surface area contributed by atoms with Gasteiger partial charge in [0.2, 0.25) is 10.7 Å². The van der Waals surface area contributed by atoms with Crippen LogP contribution >= 0.6 is 34.5 Å². The third-order valence-electron chi connectivity index (χ3n) is 3.75. The Labute approximate surface area is 182 Å². The summed E-state index contributed by atoms with van der Waals surface area (Å²) in [4.78, 5) is 20.5. The van der Waals surface area contributed by atoms with Gasteiger partial charge < -0.3 is 9.30 Å². The quantitative estimate of drug-likeness (QED) is 0.592. The third kappa shape index (κ3) is 5.35. The van der Waals surface area contributed by atoms with Crippen molar-refractivity contribution in [1.82, 2.24) is 20.0 Å². The fourth-order valence-electron chi connectivity index (χ4n) is 2.56. The number of carbonyl (C=O) groups is 1. The fraction of sp³-hybridized carbons (Fsp3) is 0.263. The van der Waals surface area contributed by atoms with Gasteiger partial charge in [0.05, 0.1) is 16.9 Å². The minimum atomic E-state index is -0.407. The molecule has 0 aliphatic rings. The smallest absolute Gasteiger partial charge is 0.278 e. The van der Waals surface area contributed by atoms with E-state index in [-0.39, 0.29) is 18.0 Å². The van der Waals surface area contributed by atoms with Crippen molar-refractivity contribution in [2.75, 3.05) is 6.61 Å². The summed E-state index contributed by atoms with van der Waals surface area (Å²) in [6, 6.07) is 5.35. The first-order chi connectivity index (χ1) is 13.8. The van der Waals surface area contributed by atoms with E-state index in [0.29, 0.717) is 14.8 Å². The van der Waals surface area contributed by atoms with Crippen LogP contribution in [0.5, 0.6) is 5.88 Å². The minimum Gasteiger partial charge on any atom is -0.466 e. The van der Waals surface area contributed by atoms with Gasteiger partial charge in [-0.3, -0.25) is 9.78 Å². The summed E-state index contributed by atoms with van der Waals surface area (Å²) in [5, 5.41) is 7.33. The first-order valence-corrected chi connectivity index (χ1v) is 10.3. The van der Waals surface area contributed by atoms with Crippen molar-refractivity contribution in [2.45, 2.75) is 26.3 Å². The van der Waals surface area contributed by atoms with Gasteiger partial charge in [0.1, 0.15) is 0 Å². The van der Waals surface area contributed by atoms with Crippen LogP contribution < -0.4 is 15.0 Å². The second kappa shape index (κ2) is 8.94. The van der Waals surface area contributed by atoms with Gasteiger partial charge in [0.15, 0.2) is 6.61 Å². The summed E-state index contributed by atoms with van der Waals surface area (Å²) in [5.41, 5.74) is 3.93. The summed E-state index contributed by atoms with van der Waals surface area (Å²) in [6.45, 7) is 5.92. The van der Waals surface area contributed by atoms with Gasteiger partial charge >= 0.3 is 0 Å². The molecule has 0 aliphatic heterocycles. The van der Waals surface area contributed by atoms with E-state index in [9.17, 15) is 4.79 Å². The summed E-state index contributed by atoms with van der Waals surface area (Å²) in [6.07, 6.45) is 4.44. The number of carbonyl (C=O) groups excluding carboxylic acids is 1. The van der Waals surface area contributed by atoms with Crippen LogP contribution in [0, 0.1) is 0 Å².